The van der Waals surface area contributed by atoms with Crippen LogP contribution in [-0.4, -0.2) is 30.1 Å². The molecule has 0 aliphatic heterocycles. The van der Waals surface area contributed by atoms with Gasteiger partial charge in [-0.05, 0) is 31.9 Å². The van der Waals surface area contributed by atoms with E-state index in [1.54, 1.807) is 31.2 Å². The SMILES string of the molecule is CCOC(=O)CC(=O)NNc1ccccc1C(=O)CCCCCl. The van der Waals surface area contributed by atoms with Crippen LogP contribution in [-0.2, 0) is 14.3 Å². The molecule has 0 saturated heterocycles. The number of para-hydroxylation sites is 1. The van der Waals surface area contributed by atoms with Crippen molar-refractivity contribution in [2.24, 2.45) is 0 Å². The number of ether oxygens (including phenoxy) is 1. The summed E-state index contributed by atoms with van der Waals surface area (Å²) in [5.41, 5.74) is 6.04. The van der Waals surface area contributed by atoms with Gasteiger partial charge in [-0.3, -0.25) is 25.2 Å². The van der Waals surface area contributed by atoms with Gasteiger partial charge >= 0.3 is 5.97 Å². The third-order valence-corrected chi connectivity index (χ3v) is 3.23. The number of carbonyl (C=O) groups excluding carboxylic acids is 3. The van der Waals surface area contributed by atoms with Crippen LogP contribution in [0, 0.1) is 0 Å². The molecule has 0 radical (unpaired) electrons. The van der Waals surface area contributed by atoms with Crippen molar-refractivity contribution >= 4 is 34.9 Å². The highest BCUT2D eigenvalue weighted by molar-refractivity contribution is 6.17. The maximum Gasteiger partial charge on any atom is 0.315 e. The lowest BCUT2D eigenvalue weighted by Crippen LogP contribution is -2.32. The first-order chi connectivity index (χ1) is 11.1. The summed E-state index contributed by atoms with van der Waals surface area (Å²) in [5.74, 6) is -0.639. The molecule has 0 aromatic heterocycles. The van der Waals surface area contributed by atoms with Crippen molar-refractivity contribution in [2.75, 3.05) is 17.9 Å². The normalized spacial score (nSPS) is 10.0. The van der Waals surface area contributed by atoms with Crippen LogP contribution in [0.3, 0.4) is 0 Å². The van der Waals surface area contributed by atoms with Crippen LogP contribution in [0.1, 0.15) is 43.0 Å². The van der Waals surface area contributed by atoms with Crippen LogP contribution >= 0.6 is 11.6 Å². The summed E-state index contributed by atoms with van der Waals surface area (Å²) in [4.78, 5) is 35.0. The van der Waals surface area contributed by atoms with Gasteiger partial charge in [0.25, 0.3) is 0 Å². The van der Waals surface area contributed by atoms with Crippen molar-refractivity contribution in [1.82, 2.24) is 5.43 Å². The molecule has 0 aliphatic carbocycles. The number of halogens is 1. The van der Waals surface area contributed by atoms with E-state index in [1.165, 1.54) is 0 Å². The van der Waals surface area contributed by atoms with Crippen molar-refractivity contribution in [3.8, 4) is 0 Å². The van der Waals surface area contributed by atoms with Crippen molar-refractivity contribution < 1.29 is 19.1 Å². The molecular weight excluding hydrogens is 320 g/mol. The van der Waals surface area contributed by atoms with E-state index in [4.69, 9.17) is 11.6 Å². The number of anilines is 1. The lowest BCUT2D eigenvalue weighted by molar-refractivity contribution is -0.145. The van der Waals surface area contributed by atoms with Crippen molar-refractivity contribution in [3.63, 3.8) is 0 Å². The molecule has 1 aromatic carbocycles. The monoisotopic (exact) mass is 340 g/mol. The Morgan fingerprint density at radius 1 is 1.17 bits per heavy atom. The second-order valence-electron chi connectivity index (χ2n) is 4.77. The molecule has 0 saturated carbocycles. The van der Waals surface area contributed by atoms with Crippen LogP contribution in [0.4, 0.5) is 5.69 Å². The van der Waals surface area contributed by atoms with E-state index in [2.05, 4.69) is 15.6 Å². The lowest BCUT2D eigenvalue weighted by Gasteiger charge is -2.12. The second kappa shape index (κ2) is 10.6. The molecule has 6 nitrogen and oxygen atoms in total. The van der Waals surface area contributed by atoms with Gasteiger partial charge < -0.3 is 4.74 Å². The number of rotatable bonds is 10. The Labute approximate surface area is 140 Å². The first-order valence-corrected chi connectivity index (χ1v) is 8.00. The predicted octanol–water partition coefficient (Wildman–Crippen LogP) is 2.67. The molecule has 126 valence electrons. The number of amides is 1. The zero-order valence-corrected chi connectivity index (χ0v) is 13.8. The van der Waals surface area contributed by atoms with Gasteiger partial charge in [-0.25, -0.2) is 0 Å². The summed E-state index contributed by atoms with van der Waals surface area (Å²) >= 11 is 5.60. The number of unbranched alkanes of at least 4 members (excludes halogenated alkanes) is 1. The van der Waals surface area contributed by atoms with E-state index < -0.39 is 11.9 Å². The van der Waals surface area contributed by atoms with Crippen LogP contribution < -0.4 is 10.9 Å². The Bertz CT molecular complexity index is 549. The number of hydrazine groups is 1. The zero-order valence-electron chi connectivity index (χ0n) is 13.1. The van der Waals surface area contributed by atoms with Crippen LogP contribution in [0.25, 0.3) is 0 Å². The number of carbonyl (C=O) groups is 3. The molecule has 0 atom stereocenters. The topological polar surface area (TPSA) is 84.5 Å². The van der Waals surface area contributed by atoms with Gasteiger partial charge in [-0.15, -0.1) is 11.6 Å². The summed E-state index contributed by atoms with van der Waals surface area (Å²) in [7, 11) is 0. The Kier molecular flexibility index (Phi) is 8.75. The highest BCUT2D eigenvalue weighted by Gasteiger charge is 2.13. The summed E-state index contributed by atoms with van der Waals surface area (Å²) in [6.45, 7) is 1.89. The Morgan fingerprint density at radius 3 is 2.61 bits per heavy atom. The summed E-state index contributed by atoms with van der Waals surface area (Å²) < 4.78 is 4.69. The average molecular weight is 341 g/mol. The van der Waals surface area contributed by atoms with Gasteiger partial charge in [0.2, 0.25) is 5.91 Å². The average Bonchev–Trinajstić information content (AvgIpc) is 2.53. The van der Waals surface area contributed by atoms with E-state index in [-0.39, 0.29) is 18.8 Å². The Morgan fingerprint density at radius 2 is 1.91 bits per heavy atom. The maximum absolute atomic E-state index is 12.2. The van der Waals surface area contributed by atoms with Gasteiger partial charge in [0.15, 0.2) is 5.78 Å². The minimum atomic E-state index is -0.600. The molecule has 23 heavy (non-hydrogen) atoms. The predicted molar refractivity (Wildman–Crippen MR) is 88.4 cm³/mol. The van der Waals surface area contributed by atoms with Crippen molar-refractivity contribution in [2.45, 2.75) is 32.6 Å². The van der Waals surface area contributed by atoms with Crippen LogP contribution in [0.2, 0.25) is 0 Å². The van der Waals surface area contributed by atoms with E-state index in [0.29, 0.717) is 30.0 Å². The van der Waals surface area contributed by atoms with Gasteiger partial charge in [0.1, 0.15) is 6.42 Å². The van der Waals surface area contributed by atoms with E-state index >= 15 is 0 Å². The smallest absolute Gasteiger partial charge is 0.315 e. The van der Waals surface area contributed by atoms with E-state index in [1.807, 2.05) is 0 Å². The minimum Gasteiger partial charge on any atom is -0.466 e. The second-order valence-corrected chi connectivity index (χ2v) is 5.15. The number of hydrogen-bond donors (Lipinski definition) is 2. The van der Waals surface area contributed by atoms with Gasteiger partial charge in [0, 0.05) is 17.9 Å². The minimum absolute atomic E-state index is 0.0298. The molecule has 0 unspecified atom stereocenters. The quantitative estimate of drug-likeness (QED) is 0.171. The van der Waals surface area contributed by atoms with Gasteiger partial charge in [-0.2, -0.15) is 0 Å². The van der Waals surface area contributed by atoms with Crippen molar-refractivity contribution in [3.05, 3.63) is 29.8 Å². The zero-order chi connectivity index (χ0) is 17.1. The molecule has 0 fully saturated rings. The molecular formula is C16H21ClN2O4. The Balaban J connectivity index is 2.58. The first kappa shape index (κ1) is 19.0. The standard InChI is InChI=1S/C16H21ClN2O4/c1-2-23-16(22)11-15(21)19-18-13-8-4-3-7-12(13)14(20)9-5-6-10-17/h3-4,7-8,18H,2,5-6,9-11H2,1H3,(H,19,21). The van der Waals surface area contributed by atoms with Gasteiger partial charge in [0.05, 0.1) is 12.3 Å². The Hall–Kier alpha value is -2.08. The molecule has 1 aromatic rings. The van der Waals surface area contributed by atoms with E-state index in [9.17, 15) is 14.4 Å². The van der Waals surface area contributed by atoms with E-state index in [0.717, 1.165) is 6.42 Å². The number of benzene rings is 1. The molecule has 0 aliphatic rings. The fraction of sp³-hybridized carbons (Fsp3) is 0.438. The van der Waals surface area contributed by atoms with Gasteiger partial charge in [-0.1, -0.05) is 12.1 Å². The molecule has 2 N–H and O–H groups in total. The molecule has 1 amide bonds. The lowest BCUT2D eigenvalue weighted by atomic mass is 10.0. The van der Waals surface area contributed by atoms with Crippen LogP contribution in [0.15, 0.2) is 24.3 Å². The molecule has 0 bridgehead atoms. The maximum atomic E-state index is 12.2. The third kappa shape index (κ3) is 7.15. The summed E-state index contributed by atoms with van der Waals surface area (Å²) in [6, 6.07) is 6.86. The third-order valence-electron chi connectivity index (χ3n) is 2.96. The highest BCUT2D eigenvalue weighted by atomic mass is 35.5. The first-order valence-electron chi connectivity index (χ1n) is 7.47. The fourth-order valence-electron chi connectivity index (χ4n) is 1.87. The largest absolute Gasteiger partial charge is 0.466 e. The molecule has 0 heterocycles. The highest BCUT2D eigenvalue weighted by Crippen LogP contribution is 2.17. The molecule has 7 heteroatoms. The number of nitrogens with one attached hydrogen (secondary N) is 2. The number of alkyl halides is 1. The number of esters is 1. The summed E-state index contributed by atoms with van der Waals surface area (Å²) in [5, 5.41) is 0. The number of hydrogen-bond acceptors (Lipinski definition) is 5. The summed E-state index contributed by atoms with van der Waals surface area (Å²) in [6.07, 6.45) is 1.50. The number of Topliss-reactive ketones (excluding diaryl/α,β-unsaturated/α-hetero) is 1. The fourth-order valence-corrected chi connectivity index (χ4v) is 2.06. The molecule has 0 spiro atoms. The van der Waals surface area contributed by atoms with Crippen LogP contribution in [0.5, 0.6) is 0 Å². The number of ketones is 1. The van der Waals surface area contributed by atoms with Crippen molar-refractivity contribution in [1.29, 1.82) is 0 Å². The molecule has 1 rings (SSSR count).